The van der Waals surface area contributed by atoms with E-state index in [0.717, 1.165) is 0 Å². The average molecular weight is 291 g/mol. The smallest absolute Gasteiger partial charge is 0.161 e. The Morgan fingerprint density at radius 1 is 1.10 bits per heavy atom. The standard InChI is InChI=1S/C16H21NO2S/c1-14(2)13(18)15(3,4)16(14)19-17(5)12(20-16)11-9-7-6-8-10-11/h6-10,12H,1-5H3. The molecule has 2 fully saturated rings. The van der Waals surface area contributed by atoms with Crippen LogP contribution in [0.2, 0.25) is 0 Å². The fourth-order valence-corrected chi connectivity index (χ4v) is 5.46. The number of benzene rings is 1. The number of carbonyl (C=O) groups is 1. The first-order chi connectivity index (χ1) is 9.24. The van der Waals surface area contributed by atoms with Crippen LogP contribution in [-0.2, 0) is 9.63 Å². The van der Waals surface area contributed by atoms with Gasteiger partial charge < -0.3 is 0 Å². The third-order valence-corrected chi connectivity index (χ3v) is 6.97. The van der Waals surface area contributed by atoms with Crippen LogP contribution in [-0.4, -0.2) is 22.8 Å². The molecule has 0 N–H and O–H groups in total. The van der Waals surface area contributed by atoms with Crippen molar-refractivity contribution in [1.29, 1.82) is 0 Å². The van der Waals surface area contributed by atoms with Gasteiger partial charge in [0.1, 0.15) is 5.37 Å². The van der Waals surface area contributed by atoms with Gasteiger partial charge in [0.2, 0.25) is 0 Å². The summed E-state index contributed by atoms with van der Waals surface area (Å²) in [4.78, 5) is 18.2. The lowest BCUT2D eigenvalue weighted by Crippen LogP contribution is -2.72. The van der Waals surface area contributed by atoms with Crippen molar-refractivity contribution in [3.05, 3.63) is 35.9 Å². The van der Waals surface area contributed by atoms with Crippen LogP contribution < -0.4 is 0 Å². The molecule has 1 aliphatic heterocycles. The predicted molar refractivity (Wildman–Crippen MR) is 80.9 cm³/mol. The Kier molecular flexibility index (Phi) is 2.89. The molecule has 1 spiro atoms. The van der Waals surface area contributed by atoms with Crippen LogP contribution in [0.1, 0.15) is 38.6 Å². The molecule has 1 heterocycles. The van der Waals surface area contributed by atoms with E-state index in [1.165, 1.54) is 5.56 Å². The summed E-state index contributed by atoms with van der Waals surface area (Å²) in [6.07, 6.45) is 0. The minimum atomic E-state index is -0.480. The fraction of sp³-hybridized carbons (Fsp3) is 0.562. The van der Waals surface area contributed by atoms with Crippen molar-refractivity contribution >= 4 is 17.5 Å². The van der Waals surface area contributed by atoms with Crippen molar-refractivity contribution in [2.75, 3.05) is 7.05 Å². The predicted octanol–water partition coefficient (Wildman–Crippen LogP) is 3.63. The van der Waals surface area contributed by atoms with Crippen LogP contribution in [0.4, 0.5) is 0 Å². The number of hydroxylamine groups is 2. The summed E-state index contributed by atoms with van der Waals surface area (Å²) in [5.41, 5.74) is 0.292. The second-order valence-corrected chi connectivity index (χ2v) is 7.97. The molecule has 20 heavy (non-hydrogen) atoms. The third kappa shape index (κ3) is 1.47. The quantitative estimate of drug-likeness (QED) is 0.790. The van der Waals surface area contributed by atoms with E-state index in [4.69, 9.17) is 4.84 Å². The number of thioether (sulfide) groups is 1. The van der Waals surface area contributed by atoms with Crippen LogP contribution in [0.5, 0.6) is 0 Å². The first-order valence-corrected chi connectivity index (χ1v) is 7.82. The number of nitrogens with zero attached hydrogens (tertiary/aromatic N) is 1. The second-order valence-electron chi connectivity index (χ2n) is 6.71. The van der Waals surface area contributed by atoms with Gasteiger partial charge in [-0.3, -0.25) is 9.63 Å². The number of rotatable bonds is 1. The van der Waals surface area contributed by atoms with Crippen molar-refractivity contribution in [2.24, 2.45) is 10.8 Å². The van der Waals surface area contributed by atoms with Crippen molar-refractivity contribution in [3.63, 3.8) is 0 Å². The Bertz CT molecular complexity index is 535. The lowest BCUT2D eigenvalue weighted by Gasteiger charge is -2.61. The molecule has 1 saturated heterocycles. The summed E-state index contributed by atoms with van der Waals surface area (Å²) >= 11 is 1.76. The van der Waals surface area contributed by atoms with Gasteiger partial charge in [0.25, 0.3) is 0 Å². The molecule has 3 rings (SSSR count). The molecule has 1 aromatic carbocycles. The van der Waals surface area contributed by atoms with Gasteiger partial charge in [-0.05, 0) is 33.3 Å². The van der Waals surface area contributed by atoms with Gasteiger partial charge in [0, 0.05) is 7.05 Å². The van der Waals surface area contributed by atoms with Gasteiger partial charge in [-0.25, -0.2) is 0 Å². The largest absolute Gasteiger partial charge is 0.298 e. The number of carbonyl (C=O) groups excluding carboxylic acids is 1. The van der Waals surface area contributed by atoms with Crippen LogP contribution in [0.25, 0.3) is 0 Å². The normalized spacial score (nSPS) is 30.4. The molecule has 1 aliphatic carbocycles. The summed E-state index contributed by atoms with van der Waals surface area (Å²) in [5, 5.41) is 2.03. The van der Waals surface area contributed by atoms with E-state index in [1.54, 1.807) is 11.8 Å². The molecule has 0 amide bonds. The molecule has 0 radical (unpaired) electrons. The first-order valence-electron chi connectivity index (χ1n) is 6.94. The van der Waals surface area contributed by atoms with E-state index in [2.05, 4.69) is 12.1 Å². The van der Waals surface area contributed by atoms with E-state index >= 15 is 0 Å². The maximum absolute atomic E-state index is 12.4. The van der Waals surface area contributed by atoms with Crippen molar-refractivity contribution in [1.82, 2.24) is 5.06 Å². The maximum atomic E-state index is 12.4. The van der Waals surface area contributed by atoms with E-state index in [0.29, 0.717) is 0 Å². The Hall–Kier alpha value is -0.840. The van der Waals surface area contributed by atoms with Gasteiger partial charge in [-0.15, -0.1) is 0 Å². The topological polar surface area (TPSA) is 29.5 Å². The summed E-state index contributed by atoms with van der Waals surface area (Å²) in [6.45, 7) is 7.98. The Labute approximate surface area is 124 Å². The molecule has 1 aromatic rings. The lowest BCUT2D eigenvalue weighted by atomic mass is 9.51. The highest BCUT2D eigenvalue weighted by Gasteiger charge is 2.77. The molecule has 1 saturated carbocycles. The lowest BCUT2D eigenvalue weighted by molar-refractivity contribution is -0.276. The highest BCUT2D eigenvalue weighted by Crippen LogP contribution is 2.71. The van der Waals surface area contributed by atoms with Crippen LogP contribution >= 0.6 is 11.8 Å². The fourth-order valence-electron chi connectivity index (χ4n) is 3.72. The monoisotopic (exact) mass is 291 g/mol. The Morgan fingerprint density at radius 3 is 2.20 bits per heavy atom. The van der Waals surface area contributed by atoms with Crippen LogP contribution in [0.3, 0.4) is 0 Å². The first kappa shape index (κ1) is 14.1. The molecule has 1 unspecified atom stereocenters. The van der Waals surface area contributed by atoms with Gasteiger partial charge >= 0.3 is 0 Å². The Balaban J connectivity index is 1.98. The van der Waals surface area contributed by atoms with Gasteiger partial charge in [-0.2, -0.15) is 5.06 Å². The molecule has 3 nitrogen and oxygen atoms in total. The molecule has 1 atom stereocenters. The van der Waals surface area contributed by atoms with Crippen LogP contribution in [0.15, 0.2) is 30.3 Å². The molecule has 0 bridgehead atoms. The zero-order chi connectivity index (χ0) is 14.8. The highest BCUT2D eigenvalue weighted by molar-refractivity contribution is 8.01. The van der Waals surface area contributed by atoms with E-state index < -0.39 is 15.8 Å². The number of hydrogen-bond acceptors (Lipinski definition) is 4. The zero-order valence-electron chi connectivity index (χ0n) is 12.6. The summed E-state index contributed by atoms with van der Waals surface area (Å²) < 4.78 is 0. The van der Waals surface area contributed by atoms with Crippen molar-refractivity contribution in [2.45, 2.75) is 38.0 Å². The van der Waals surface area contributed by atoms with Crippen molar-refractivity contribution in [3.8, 4) is 0 Å². The van der Waals surface area contributed by atoms with E-state index in [-0.39, 0.29) is 11.2 Å². The van der Waals surface area contributed by atoms with Gasteiger partial charge in [0.05, 0.1) is 10.8 Å². The molecular formula is C16H21NO2S. The summed E-state index contributed by atoms with van der Waals surface area (Å²) in [5.74, 6) is 0.277. The van der Waals surface area contributed by atoms with Gasteiger partial charge in [-0.1, -0.05) is 42.1 Å². The molecule has 0 aromatic heterocycles. The maximum Gasteiger partial charge on any atom is 0.161 e. The number of Topliss-reactive ketones (excluding diaryl/α,β-unsaturated/α-hetero) is 1. The summed E-state index contributed by atoms with van der Waals surface area (Å²) in [7, 11) is 1.95. The van der Waals surface area contributed by atoms with E-state index in [1.807, 2.05) is 58.0 Å². The highest BCUT2D eigenvalue weighted by atomic mass is 32.2. The second kappa shape index (κ2) is 4.09. The zero-order valence-corrected chi connectivity index (χ0v) is 13.5. The molecular weight excluding hydrogens is 270 g/mol. The minimum absolute atomic E-state index is 0.128. The van der Waals surface area contributed by atoms with Crippen LogP contribution in [0, 0.1) is 10.8 Å². The number of ketones is 1. The molecule has 4 heteroatoms. The Morgan fingerprint density at radius 2 is 1.65 bits per heavy atom. The summed E-state index contributed by atoms with van der Waals surface area (Å²) in [6, 6.07) is 10.3. The third-order valence-electron chi connectivity index (χ3n) is 4.75. The molecule has 108 valence electrons. The SMILES string of the molecule is CN1OC2(SC1c1ccccc1)C(C)(C)C(=O)C2(C)C. The minimum Gasteiger partial charge on any atom is -0.298 e. The van der Waals surface area contributed by atoms with Crippen molar-refractivity contribution < 1.29 is 9.63 Å². The van der Waals surface area contributed by atoms with Gasteiger partial charge in [0.15, 0.2) is 10.7 Å². The average Bonchev–Trinajstić information content (AvgIpc) is 2.79. The number of hydrogen-bond donors (Lipinski definition) is 0. The molecule has 2 aliphatic rings. The van der Waals surface area contributed by atoms with E-state index in [9.17, 15) is 4.79 Å².